The van der Waals surface area contributed by atoms with Crippen molar-refractivity contribution in [3.05, 3.63) is 0 Å². The van der Waals surface area contributed by atoms with Crippen LogP contribution < -0.4 is 5.32 Å². The zero-order valence-corrected chi connectivity index (χ0v) is 12.2. The molecular formula is C14H23F3N2O2. The molecule has 0 aromatic carbocycles. The van der Waals surface area contributed by atoms with E-state index in [1.54, 1.807) is 7.05 Å². The van der Waals surface area contributed by atoms with Crippen LogP contribution in [0.25, 0.3) is 0 Å². The van der Waals surface area contributed by atoms with Crippen LogP contribution in [-0.4, -0.2) is 53.9 Å². The zero-order chi connectivity index (χ0) is 15.7. The van der Waals surface area contributed by atoms with E-state index in [-0.39, 0.29) is 18.9 Å². The van der Waals surface area contributed by atoms with E-state index < -0.39 is 23.6 Å². The van der Waals surface area contributed by atoms with E-state index >= 15 is 0 Å². The third-order valence-electron chi connectivity index (χ3n) is 5.12. The number of carboxylic acid groups (broad SMARTS) is 1. The molecule has 0 bridgehead atoms. The Hall–Kier alpha value is -0.820. The van der Waals surface area contributed by atoms with E-state index in [0.717, 1.165) is 12.8 Å². The molecule has 1 saturated heterocycles. The number of carbonyl (C=O) groups is 1. The maximum absolute atomic E-state index is 12.7. The Kier molecular flexibility index (Phi) is 4.82. The molecule has 2 rings (SSSR count). The monoisotopic (exact) mass is 308 g/mol. The van der Waals surface area contributed by atoms with Gasteiger partial charge >= 0.3 is 12.1 Å². The summed E-state index contributed by atoms with van der Waals surface area (Å²) in [6.07, 6.45) is -1.15. The first-order chi connectivity index (χ1) is 9.78. The van der Waals surface area contributed by atoms with Crippen LogP contribution in [0.15, 0.2) is 0 Å². The molecule has 7 heteroatoms. The zero-order valence-electron chi connectivity index (χ0n) is 12.2. The summed E-state index contributed by atoms with van der Waals surface area (Å²) in [6.45, 7) is 0.822. The van der Waals surface area contributed by atoms with Gasteiger partial charge in [0.2, 0.25) is 0 Å². The van der Waals surface area contributed by atoms with Gasteiger partial charge in [-0.3, -0.25) is 4.79 Å². The quantitative estimate of drug-likeness (QED) is 0.839. The molecule has 2 fully saturated rings. The number of likely N-dealkylation sites (N-methyl/N-ethyl adjacent to an activating group) is 1. The fourth-order valence-electron chi connectivity index (χ4n) is 3.68. The highest BCUT2D eigenvalue weighted by molar-refractivity contribution is 5.79. The van der Waals surface area contributed by atoms with Gasteiger partial charge in [0.1, 0.15) is 5.54 Å². The topological polar surface area (TPSA) is 52.6 Å². The molecule has 1 aliphatic heterocycles. The number of aliphatic carboxylic acids is 1. The summed E-state index contributed by atoms with van der Waals surface area (Å²) in [5, 5.41) is 12.3. The van der Waals surface area contributed by atoms with Gasteiger partial charge in [0.05, 0.1) is 5.92 Å². The average molecular weight is 308 g/mol. The third kappa shape index (κ3) is 3.51. The number of nitrogens with one attached hydrogen (secondary N) is 1. The number of hydrogen-bond donors (Lipinski definition) is 2. The van der Waals surface area contributed by atoms with Gasteiger partial charge in [-0.05, 0) is 58.7 Å². The van der Waals surface area contributed by atoms with Crippen molar-refractivity contribution in [3.8, 4) is 0 Å². The predicted octanol–water partition coefficient (Wildman–Crippen LogP) is 2.25. The summed E-state index contributed by atoms with van der Waals surface area (Å²) in [5.74, 6) is -2.06. The Balaban J connectivity index is 1.96. The lowest BCUT2D eigenvalue weighted by molar-refractivity contribution is -0.186. The molecule has 1 heterocycles. The Morgan fingerprint density at radius 2 is 1.90 bits per heavy atom. The molecule has 0 radical (unpaired) electrons. The van der Waals surface area contributed by atoms with Crippen molar-refractivity contribution in [1.82, 2.24) is 10.2 Å². The molecule has 0 aromatic rings. The van der Waals surface area contributed by atoms with E-state index in [1.165, 1.54) is 0 Å². The smallest absolute Gasteiger partial charge is 0.391 e. The number of rotatable bonds is 3. The molecule has 1 aliphatic carbocycles. The lowest BCUT2D eigenvalue weighted by atomic mass is 9.77. The lowest BCUT2D eigenvalue weighted by Gasteiger charge is -2.44. The third-order valence-corrected chi connectivity index (χ3v) is 5.12. The summed E-state index contributed by atoms with van der Waals surface area (Å²) in [7, 11) is 1.65. The minimum atomic E-state index is -4.10. The van der Waals surface area contributed by atoms with Gasteiger partial charge in [-0.25, -0.2) is 0 Å². The highest BCUT2D eigenvalue weighted by Gasteiger charge is 2.46. The highest BCUT2D eigenvalue weighted by Crippen LogP contribution is 2.37. The van der Waals surface area contributed by atoms with E-state index in [9.17, 15) is 23.1 Å². The molecule has 2 atom stereocenters. The summed E-state index contributed by atoms with van der Waals surface area (Å²) >= 11 is 0. The first-order valence-corrected chi connectivity index (χ1v) is 7.51. The maximum Gasteiger partial charge on any atom is 0.391 e. The minimum absolute atomic E-state index is 0.0662. The number of nitrogens with zero attached hydrogens (tertiary/aromatic N) is 1. The van der Waals surface area contributed by atoms with E-state index in [2.05, 4.69) is 10.2 Å². The Bertz CT molecular complexity index is 381. The van der Waals surface area contributed by atoms with Gasteiger partial charge in [0, 0.05) is 6.04 Å². The molecule has 4 nitrogen and oxygen atoms in total. The minimum Gasteiger partial charge on any atom is -0.480 e. The largest absolute Gasteiger partial charge is 0.480 e. The Morgan fingerprint density at radius 3 is 2.38 bits per heavy atom. The van der Waals surface area contributed by atoms with Crippen molar-refractivity contribution in [2.45, 2.75) is 56.3 Å². The number of halogens is 3. The van der Waals surface area contributed by atoms with Crippen LogP contribution in [0.1, 0.15) is 38.5 Å². The highest BCUT2D eigenvalue weighted by atomic mass is 19.4. The van der Waals surface area contributed by atoms with Crippen molar-refractivity contribution < 1.29 is 23.1 Å². The number of alkyl halides is 3. The van der Waals surface area contributed by atoms with Gasteiger partial charge < -0.3 is 15.3 Å². The van der Waals surface area contributed by atoms with Crippen LogP contribution in [0.3, 0.4) is 0 Å². The van der Waals surface area contributed by atoms with Crippen molar-refractivity contribution in [2.75, 3.05) is 20.1 Å². The standard InChI is InChI=1S/C14H23F3N2O2/c1-18-13(12(20)21)6-2-3-11(9-13)19-7-4-10(5-8-19)14(15,16)17/h10-11,18H,2-9H2,1H3,(H,20,21). The predicted molar refractivity (Wildman–Crippen MR) is 72.0 cm³/mol. The van der Waals surface area contributed by atoms with Crippen LogP contribution in [0.4, 0.5) is 13.2 Å². The van der Waals surface area contributed by atoms with Gasteiger partial charge in [-0.2, -0.15) is 13.2 Å². The molecular weight excluding hydrogens is 285 g/mol. The van der Waals surface area contributed by atoms with E-state index in [4.69, 9.17) is 0 Å². The van der Waals surface area contributed by atoms with Crippen LogP contribution in [0.2, 0.25) is 0 Å². The molecule has 2 N–H and O–H groups in total. The van der Waals surface area contributed by atoms with Gasteiger partial charge in [-0.1, -0.05) is 0 Å². The van der Waals surface area contributed by atoms with E-state index in [0.29, 0.717) is 25.9 Å². The first-order valence-electron chi connectivity index (χ1n) is 7.51. The Labute approximate surface area is 122 Å². The summed E-state index contributed by atoms with van der Waals surface area (Å²) in [4.78, 5) is 13.5. The van der Waals surface area contributed by atoms with Crippen LogP contribution in [0.5, 0.6) is 0 Å². The summed E-state index contributed by atoms with van der Waals surface area (Å²) in [5.41, 5.74) is -0.927. The maximum atomic E-state index is 12.7. The number of carboxylic acids is 1. The second kappa shape index (κ2) is 6.12. The fourth-order valence-corrected chi connectivity index (χ4v) is 3.68. The molecule has 0 amide bonds. The summed E-state index contributed by atoms with van der Waals surface area (Å²) in [6, 6.07) is 0.0662. The van der Waals surface area contributed by atoms with Gasteiger partial charge in [0.15, 0.2) is 0 Å². The van der Waals surface area contributed by atoms with Crippen molar-refractivity contribution >= 4 is 5.97 Å². The molecule has 0 aromatic heterocycles. The van der Waals surface area contributed by atoms with Gasteiger partial charge in [-0.15, -0.1) is 0 Å². The fraction of sp³-hybridized carbons (Fsp3) is 0.929. The molecule has 21 heavy (non-hydrogen) atoms. The number of piperidine rings is 1. The number of hydrogen-bond acceptors (Lipinski definition) is 3. The van der Waals surface area contributed by atoms with Crippen LogP contribution >= 0.6 is 0 Å². The SMILES string of the molecule is CNC1(C(=O)O)CCCC(N2CCC(C(F)(F)F)CC2)C1. The summed E-state index contributed by atoms with van der Waals surface area (Å²) < 4.78 is 38.1. The van der Waals surface area contributed by atoms with Crippen molar-refractivity contribution in [3.63, 3.8) is 0 Å². The molecule has 122 valence electrons. The Morgan fingerprint density at radius 1 is 1.29 bits per heavy atom. The molecule has 2 aliphatic rings. The van der Waals surface area contributed by atoms with Crippen LogP contribution in [0, 0.1) is 5.92 Å². The average Bonchev–Trinajstić information content (AvgIpc) is 2.46. The van der Waals surface area contributed by atoms with Crippen LogP contribution in [-0.2, 0) is 4.79 Å². The second-order valence-corrected chi connectivity index (χ2v) is 6.24. The molecule has 0 spiro atoms. The normalized spacial score (nSPS) is 33.0. The van der Waals surface area contributed by atoms with E-state index in [1.807, 2.05) is 0 Å². The first kappa shape index (κ1) is 16.5. The molecule has 1 saturated carbocycles. The number of likely N-dealkylation sites (tertiary alicyclic amines) is 1. The van der Waals surface area contributed by atoms with Crippen molar-refractivity contribution in [1.29, 1.82) is 0 Å². The second-order valence-electron chi connectivity index (χ2n) is 6.24. The molecule has 2 unspecified atom stereocenters. The van der Waals surface area contributed by atoms with Crippen molar-refractivity contribution in [2.24, 2.45) is 5.92 Å². The lowest BCUT2D eigenvalue weighted by Crippen LogP contribution is -2.58. The van der Waals surface area contributed by atoms with Gasteiger partial charge in [0.25, 0.3) is 0 Å².